The average Bonchev–Trinajstić information content (AvgIpc) is 2.24. The summed E-state index contributed by atoms with van der Waals surface area (Å²) in [7, 11) is -4.17. The molecule has 0 atom stereocenters. The van der Waals surface area contributed by atoms with Crippen molar-refractivity contribution in [2.24, 2.45) is 5.14 Å². The second-order valence-corrected chi connectivity index (χ2v) is 4.53. The van der Waals surface area contributed by atoms with E-state index in [0.29, 0.717) is 0 Å². The van der Waals surface area contributed by atoms with Gasteiger partial charge in [0.2, 0.25) is 10.0 Å². The fourth-order valence-electron chi connectivity index (χ4n) is 1.18. The Labute approximate surface area is 97.7 Å². The number of ether oxygens (including phenoxy) is 1. The molecule has 0 aliphatic carbocycles. The third-order valence-electron chi connectivity index (χ3n) is 1.81. The van der Waals surface area contributed by atoms with Crippen molar-refractivity contribution >= 4 is 15.7 Å². The van der Waals surface area contributed by atoms with Crippen LogP contribution in [0, 0.1) is 10.1 Å². The molecular weight excluding hydrogens is 248 g/mol. The molecule has 1 rings (SSSR count). The Hall–Kier alpha value is -1.93. The summed E-state index contributed by atoms with van der Waals surface area (Å²) < 4.78 is 27.4. The van der Waals surface area contributed by atoms with Crippen LogP contribution in [0.1, 0.15) is 0 Å². The van der Waals surface area contributed by atoms with E-state index in [1.165, 1.54) is 18.2 Å². The van der Waals surface area contributed by atoms with Crippen molar-refractivity contribution in [1.29, 1.82) is 0 Å². The van der Waals surface area contributed by atoms with Gasteiger partial charge in [-0.2, -0.15) is 0 Å². The van der Waals surface area contributed by atoms with Crippen LogP contribution < -0.4 is 9.88 Å². The minimum absolute atomic E-state index is 0.0227. The van der Waals surface area contributed by atoms with Crippen molar-refractivity contribution in [3.05, 3.63) is 41.0 Å². The Morgan fingerprint density at radius 3 is 2.65 bits per heavy atom. The van der Waals surface area contributed by atoms with Crippen molar-refractivity contribution < 1.29 is 18.1 Å². The molecule has 0 radical (unpaired) electrons. The van der Waals surface area contributed by atoms with Gasteiger partial charge in [0.25, 0.3) is 0 Å². The Bertz CT molecular complexity index is 553. The van der Waals surface area contributed by atoms with Gasteiger partial charge < -0.3 is 4.74 Å². The molecule has 0 amide bonds. The van der Waals surface area contributed by atoms with Gasteiger partial charge in [0.05, 0.1) is 4.92 Å². The van der Waals surface area contributed by atoms with E-state index in [0.717, 1.165) is 6.07 Å². The van der Waals surface area contributed by atoms with Gasteiger partial charge in [0.1, 0.15) is 6.61 Å². The first-order valence-corrected chi connectivity index (χ1v) is 5.96. The zero-order valence-corrected chi connectivity index (χ0v) is 9.51. The van der Waals surface area contributed by atoms with E-state index in [2.05, 4.69) is 6.58 Å². The predicted molar refractivity (Wildman–Crippen MR) is 60.2 cm³/mol. The third-order valence-corrected chi connectivity index (χ3v) is 2.75. The van der Waals surface area contributed by atoms with Gasteiger partial charge in [-0.3, -0.25) is 10.1 Å². The maximum absolute atomic E-state index is 11.2. The zero-order chi connectivity index (χ0) is 13.1. The molecule has 0 bridgehead atoms. The fourth-order valence-corrected chi connectivity index (χ4v) is 1.89. The highest BCUT2D eigenvalue weighted by atomic mass is 32.2. The summed E-state index contributed by atoms with van der Waals surface area (Å²) in [5.41, 5.74) is -0.670. The smallest absolute Gasteiger partial charge is 0.330 e. The molecule has 1 aromatic rings. The number of hydrogen-bond acceptors (Lipinski definition) is 5. The molecule has 17 heavy (non-hydrogen) atoms. The van der Waals surface area contributed by atoms with Gasteiger partial charge in [-0.05, 0) is 12.1 Å². The van der Waals surface area contributed by atoms with Crippen molar-refractivity contribution in [3.63, 3.8) is 0 Å². The normalized spacial score (nSPS) is 10.9. The molecule has 0 aliphatic rings. The van der Waals surface area contributed by atoms with Gasteiger partial charge in [-0.25, -0.2) is 13.6 Å². The minimum Gasteiger partial charge on any atom is -0.483 e. The predicted octanol–water partition coefficient (Wildman–Crippen LogP) is 0.807. The molecule has 8 heteroatoms. The van der Waals surface area contributed by atoms with Crippen LogP contribution in [0.25, 0.3) is 0 Å². The van der Waals surface area contributed by atoms with E-state index in [1.807, 2.05) is 0 Å². The van der Waals surface area contributed by atoms with Gasteiger partial charge >= 0.3 is 5.69 Å². The number of hydrogen-bond donors (Lipinski definition) is 1. The highest BCUT2D eigenvalue weighted by Gasteiger charge is 2.27. The summed E-state index contributed by atoms with van der Waals surface area (Å²) >= 11 is 0. The topological polar surface area (TPSA) is 113 Å². The molecule has 0 spiro atoms. The number of primary sulfonamides is 1. The van der Waals surface area contributed by atoms with E-state index in [1.54, 1.807) is 0 Å². The molecule has 0 aliphatic heterocycles. The summed E-state index contributed by atoms with van der Waals surface area (Å²) in [6.45, 7) is 3.41. The fraction of sp³-hybridized carbons (Fsp3) is 0.111. The van der Waals surface area contributed by atoms with E-state index in [-0.39, 0.29) is 12.4 Å². The molecule has 1 aromatic carbocycles. The van der Waals surface area contributed by atoms with E-state index in [4.69, 9.17) is 9.88 Å². The summed E-state index contributed by atoms with van der Waals surface area (Å²) in [5, 5.41) is 15.7. The quantitative estimate of drug-likeness (QED) is 0.477. The van der Waals surface area contributed by atoms with E-state index >= 15 is 0 Å². The first kappa shape index (κ1) is 13.1. The first-order valence-electron chi connectivity index (χ1n) is 4.42. The lowest BCUT2D eigenvalue weighted by molar-refractivity contribution is -0.388. The number of nitro benzene ring substituents is 1. The molecule has 2 N–H and O–H groups in total. The number of rotatable bonds is 5. The van der Waals surface area contributed by atoms with Crippen molar-refractivity contribution in [2.75, 3.05) is 6.61 Å². The summed E-state index contributed by atoms with van der Waals surface area (Å²) in [6, 6.07) is 3.65. The maximum Gasteiger partial charge on any atom is 0.330 e. The number of nitrogens with two attached hydrogens (primary N) is 1. The van der Waals surface area contributed by atoms with Crippen LogP contribution in [0.3, 0.4) is 0 Å². The molecule has 0 saturated heterocycles. The molecule has 7 nitrogen and oxygen atoms in total. The molecule has 92 valence electrons. The van der Waals surface area contributed by atoms with Crippen LogP contribution in [0.2, 0.25) is 0 Å². The lowest BCUT2D eigenvalue weighted by Crippen LogP contribution is -2.14. The number of para-hydroxylation sites is 1. The molecule has 0 fully saturated rings. The first-order chi connectivity index (χ1) is 7.88. The Balaban J connectivity index is 3.43. The van der Waals surface area contributed by atoms with Crippen molar-refractivity contribution in [3.8, 4) is 5.75 Å². The number of sulfonamides is 1. The Morgan fingerprint density at radius 2 is 2.18 bits per heavy atom. The zero-order valence-electron chi connectivity index (χ0n) is 8.70. The monoisotopic (exact) mass is 258 g/mol. The number of benzene rings is 1. The molecular formula is C9H10N2O5S. The summed E-state index contributed by atoms with van der Waals surface area (Å²) in [5.74, 6) is -0.165. The van der Waals surface area contributed by atoms with Gasteiger partial charge in [-0.1, -0.05) is 18.7 Å². The van der Waals surface area contributed by atoms with Gasteiger partial charge in [0, 0.05) is 0 Å². The van der Waals surface area contributed by atoms with E-state index in [9.17, 15) is 18.5 Å². The largest absolute Gasteiger partial charge is 0.483 e. The van der Waals surface area contributed by atoms with Gasteiger partial charge in [-0.15, -0.1) is 0 Å². The van der Waals surface area contributed by atoms with Crippen LogP contribution in [0.4, 0.5) is 5.69 Å². The molecule has 0 unspecified atom stereocenters. The molecule has 0 saturated carbocycles. The third kappa shape index (κ3) is 3.02. The second-order valence-electron chi connectivity index (χ2n) is 3.00. The van der Waals surface area contributed by atoms with Gasteiger partial charge in [0.15, 0.2) is 10.6 Å². The van der Waals surface area contributed by atoms with Crippen molar-refractivity contribution in [1.82, 2.24) is 0 Å². The lowest BCUT2D eigenvalue weighted by atomic mass is 10.3. The Morgan fingerprint density at radius 1 is 1.53 bits per heavy atom. The van der Waals surface area contributed by atoms with Crippen LogP contribution in [0.15, 0.2) is 35.7 Å². The lowest BCUT2D eigenvalue weighted by Gasteiger charge is -2.06. The second kappa shape index (κ2) is 4.93. The summed E-state index contributed by atoms with van der Waals surface area (Å²) in [4.78, 5) is 9.40. The van der Waals surface area contributed by atoms with E-state index < -0.39 is 25.5 Å². The standard InChI is InChI=1S/C9H10N2O5S/c1-2-6-16-7-4-3-5-8(17(10,14)15)9(7)11(12)13/h2-5H,1,6H2,(H2,10,14,15). The molecule has 0 aromatic heterocycles. The number of nitro groups is 1. The SMILES string of the molecule is C=CCOc1cccc(S(N)(=O)=O)c1[N+](=O)[O-]. The average molecular weight is 258 g/mol. The van der Waals surface area contributed by atoms with Crippen molar-refractivity contribution in [2.45, 2.75) is 4.90 Å². The van der Waals surface area contributed by atoms with Crippen LogP contribution in [-0.4, -0.2) is 19.9 Å². The highest BCUT2D eigenvalue weighted by molar-refractivity contribution is 7.89. The minimum atomic E-state index is -4.17. The molecule has 0 heterocycles. The van der Waals surface area contributed by atoms with Crippen LogP contribution >= 0.6 is 0 Å². The number of nitrogens with zero attached hydrogens (tertiary/aromatic N) is 1. The maximum atomic E-state index is 11.2. The summed E-state index contributed by atoms with van der Waals surface area (Å²) in [6.07, 6.45) is 1.38. The van der Waals surface area contributed by atoms with Crippen LogP contribution in [-0.2, 0) is 10.0 Å². The Kier molecular flexibility index (Phi) is 3.81. The van der Waals surface area contributed by atoms with Crippen LogP contribution in [0.5, 0.6) is 5.75 Å². The highest BCUT2D eigenvalue weighted by Crippen LogP contribution is 2.33.